The van der Waals surface area contributed by atoms with Gasteiger partial charge in [-0.15, -0.1) is 0 Å². The summed E-state index contributed by atoms with van der Waals surface area (Å²) in [5.74, 6) is 0.953. The largest absolute Gasteiger partial charge is 0.494 e. The maximum atomic E-state index is 8.89. The van der Waals surface area contributed by atoms with Gasteiger partial charge in [-0.2, -0.15) is 0 Å². The van der Waals surface area contributed by atoms with E-state index in [9.17, 15) is 0 Å². The molecule has 0 atom stereocenters. The SMILES string of the molecule is CCCCCCCOc1ccc(-c2ccc(CCCO)cc2)cc1. The maximum Gasteiger partial charge on any atom is 0.119 e. The van der Waals surface area contributed by atoms with Gasteiger partial charge in [0, 0.05) is 6.61 Å². The van der Waals surface area contributed by atoms with E-state index in [2.05, 4.69) is 55.5 Å². The van der Waals surface area contributed by atoms with Crippen LogP contribution in [-0.4, -0.2) is 18.3 Å². The van der Waals surface area contributed by atoms with Crippen LogP contribution in [0.5, 0.6) is 5.75 Å². The van der Waals surface area contributed by atoms with Crippen LogP contribution < -0.4 is 4.74 Å². The number of rotatable bonds is 11. The molecule has 0 aliphatic rings. The lowest BCUT2D eigenvalue weighted by Gasteiger charge is -2.08. The van der Waals surface area contributed by atoms with Crippen LogP contribution in [0.1, 0.15) is 51.0 Å². The van der Waals surface area contributed by atoms with Crippen LogP contribution in [0.4, 0.5) is 0 Å². The molecule has 2 rings (SSSR count). The van der Waals surface area contributed by atoms with Crippen molar-refractivity contribution in [3.8, 4) is 16.9 Å². The number of aliphatic hydroxyl groups is 1. The lowest BCUT2D eigenvalue weighted by atomic mass is 10.0. The highest BCUT2D eigenvalue weighted by atomic mass is 16.5. The van der Waals surface area contributed by atoms with Gasteiger partial charge in [-0.1, -0.05) is 69.0 Å². The van der Waals surface area contributed by atoms with E-state index in [0.717, 1.165) is 31.6 Å². The van der Waals surface area contributed by atoms with Gasteiger partial charge in [-0.3, -0.25) is 0 Å². The number of aliphatic hydroxyl groups excluding tert-OH is 1. The van der Waals surface area contributed by atoms with Gasteiger partial charge in [0.1, 0.15) is 5.75 Å². The van der Waals surface area contributed by atoms with Crippen molar-refractivity contribution in [1.29, 1.82) is 0 Å². The fourth-order valence-electron chi connectivity index (χ4n) is 2.79. The molecule has 0 fully saturated rings. The smallest absolute Gasteiger partial charge is 0.119 e. The second-order valence-corrected chi connectivity index (χ2v) is 6.31. The van der Waals surface area contributed by atoms with Crippen LogP contribution in [0.15, 0.2) is 48.5 Å². The standard InChI is InChI=1S/C22H30O2/c1-2-3-4-5-6-18-24-22-15-13-21(14-16-22)20-11-9-19(10-12-20)8-7-17-23/h9-16,23H,2-8,17-18H2,1H3. The van der Waals surface area contributed by atoms with Crippen molar-refractivity contribution in [3.63, 3.8) is 0 Å². The summed E-state index contributed by atoms with van der Waals surface area (Å²) in [6.07, 6.45) is 8.07. The molecular weight excluding hydrogens is 296 g/mol. The first-order valence-electron chi connectivity index (χ1n) is 9.26. The molecule has 2 heteroatoms. The van der Waals surface area contributed by atoms with Crippen LogP contribution in [-0.2, 0) is 6.42 Å². The van der Waals surface area contributed by atoms with E-state index in [1.165, 1.54) is 42.4 Å². The van der Waals surface area contributed by atoms with Crippen molar-refractivity contribution in [2.75, 3.05) is 13.2 Å². The minimum Gasteiger partial charge on any atom is -0.494 e. The zero-order valence-corrected chi connectivity index (χ0v) is 14.8. The van der Waals surface area contributed by atoms with Crippen LogP contribution >= 0.6 is 0 Å². The average molecular weight is 326 g/mol. The number of unbranched alkanes of at least 4 members (excludes halogenated alkanes) is 4. The van der Waals surface area contributed by atoms with E-state index in [0.29, 0.717) is 0 Å². The molecule has 0 spiro atoms. The molecule has 0 radical (unpaired) electrons. The Hall–Kier alpha value is -1.80. The molecule has 2 nitrogen and oxygen atoms in total. The fourth-order valence-corrected chi connectivity index (χ4v) is 2.79. The fraction of sp³-hybridized carbons (Fsp3) is 0.455. The molecule has 0 aliphatic heterocycles. The highest BCUT2D eigenvalue weighted by Gasteiger charge is 2.00. The molecule has 0 saturated heterocycles. The van der Waals surface area contributed by atoms with Gasteiger partial charge in [-0.05, 0) is 48.1 Å². The molecule has 24 heavy (non-hydrogen) atoms. The number of ether oxygens (including phenoxy) is 1. The third kappa shape index (κ3) is 6.37. The maximum absolute atomic E-state index is 8.89. The Morgan fingerprint density at radius 3 is 2.00 bits per heavy atom. The quantitative estimate of drug-likeness (QED) is 0.542. The Morgan fingerprint density at radius 1 is 0.750 bits per heavy atom. The topological polar surface area (TPSA) is 29.5 Å². The Kier molecular flexibility index (Phi) is 8.40. The molecule has 2 aromatic carbocycles. The summed E-state index contributed by atoms with van der Waals surface area (Å²) in [5.41, 5.74) is 3.70. The summed E-state index contributed by atoms with van der Waals surface area (Å²) in [5, 5.41) is 8.89. The molecular formula is C22H30O2. The Morgan fingerprint density at radius 2 is 1.38 bits per heavy atom. The van der Waals surface area contributed by atoms with Gasteiger partial charge in [0.15, 0.2) is 0 Å². The molecule has 130 valence electrons. The normalized spacial score (nSPS) is 10.8. The Labute approximate surface area is 146 Å². The highest BCUT2D eigenvalue weighted by molar-refractivity contribution is 5.64. The van der Waals surface area contributed by atoms with Crippen molar-refractivity contribution >= 4 is 0 Å². The van der Waals surface area contributed by atoms with E-state index in [-0.39, 0.29) is 6.61 Å². The zero-order valence-electron chi connectivity index (χ0n) is 14.8. The second kappa shape index (κ2) is 10.9. The predicted molar refractivity (Wildman–Crippen MR) is 102 cm³/mol. The molecule has 0 bridgehead atoms. The lowest BCUT2D eigenvalue weighted by molar-refractivity contribution is 0.288. The van der Waals surface area contributed by atoms with Crippen molar-refractivity contribution in [1.82, 2.24) is 0 Å². The van der Waals surface area contributed by atoms with Gasteiger partial charge < -0.3 is 9.84 Å². The zero-order chi connectivity index (χ0) is 17.0. The first kappa shape index (κ1) is 18.5. The van der Waals surface area contributed by atoms with Crippen molar-refractivity contribution in [2.24, 2.45) is 0 Å². The van der Waals surface area contributed by atoms with Gasteiger partial charge in [-0.25, -0.2) is 0 Å². The summed E-state index contributed by atoms with van der Waals surface area (Å²) < 4.78 is 5.82. The van der Waals surface area contributed by atoms with E-state index >= 15 is 0 Å². The molecule has 1 N–H and O–H groups in total. The van der Waals surface area contributed by atoms with Gasteiger partial charge >= 0.3 is 0 Å². The number of aryl methyl sites for hydroxylation is 1. The van der Waals surface area contributed by atoms with Crippen molar-refractivity contribution in [2.45, 2.75) is 51.9 Å². The first-order valence-corrected chi connectivity index (χ1v) is 9.26. The van der Waals surface area contributed by atoms with Crippen LogP contribution in [0.25, 0.3) is 11.1 Å². The van der Waals surface area contributed by atoms with E-state index in [4.69, 9.17) is 9.84 Å². The van der Waals surface area contributed by atoms with Crippen LogP contribution in [0, 0.1) is 0 Å². The van der Waals surface area contributed by atoms with Gasteiger partial charge in [0.2, 0.25) is 0 Å². The number of hydrogen-bond donors (Lipinski definition) is 1. The second-order valence-electron chi connectivity index (χ2n) is 6.31. The van der Waals surface area contributed by atoms with Crippen molar-refractivity contribution in [3.05, 3.63) is 54.1 Å². The molecule has 0 saturated carbocycles. The molecule has 0 aromatic heterocycles. The minimum absolute atomic E-state index is 0.252. The predicted octanol–water partition coefficient (Wildman–Crippen LogP) is 5.63. The Balaban J connectivity index is 1.80. The molecule has 0 unspecified atom stereocenters. The molecule has 0 aliphatic carbocycles. The average Bonchev–Trinajstić information content (AvgIpc) is 2.64. The van der Waals surface area contributed by atoms with E-state index < -0.39 is 0 Å². The summed E-state index contributed by atoms with van der Waals surface area (Å²) in [6.45, 7) is 3.30. The molecule has 0 heterocycles. The first-order chi connectivity index (χ1) is 11.8. The summed E-state index contributed by atoms with van der Waals surface area (Å²) in [6, 6.07) is 16.9. The lowest BCUT2D eigenvalue weighted by Crippen LogP contribution is -1.97. The minimum atomic E-state index is 0.252. The van der Waals surface area contributed by atoms with E-state index in [1.54, 1.807) is 0 Å². The highest BCUT2D eigenvalue weighted by Crippen LogP contribution is 2.23. The van der Waals surface area contributed by atoms with Crippen LogP contribution in [0.3, 0.4) is 0 Å². The third-order valence-corrected chi connectivity index (χ3v) is 4.28. The molecule has 2 aromatic rings. The van der Waals surface area contributed by atoms with Crippen molar-refractivity contribution < 1.29 is 9.84 Å². The summed E-state index contributed by atoms with van der Waals surface area (Å²) in [4.78, 5) is 0. The monoisotopic (exact) mass is 326 g/mol. The molecule has 0 amide bonds. The third-order valence-electron chi connectivity index (χ3n) is 4.28. The van der Waals surface area contributed by atoms with Gasteiger partial charge in [0.25, 0.3) is 0 Å². The van der Waals surface area contributed by atoms with Crippen LogP contribution in [0.2, 0.25) is 0 Å². The number of benzene rings is 2. The summed E-state index contributed by atoms with van der Waals surface area (Å²) in [7, 11) is 0. The summed E-state index contributed by atoms with van der Waals surface area (Å²) >= 11 is 0. The number of hydrogen-bond acceptors (Lipinski definition) is 2. The van der Waals surface area contributed by atoms with E-state index in [1.807, 2.05) is 0 Å². The van der Waals surface area contributed by atoms with Gasteiger partial charge in [0.05, 0.1) is 6.61 Å². The Bertz CT molecular complexity index is 558.